The molecule has 0 aromatic heterocycles. The number of halogens is 1. The zero-order valence-corrected chi connectivity index (χ0v) is 11.9. The molecule has 4 nitrogen and oxygen atoms in total. The molecule has 0 fully saturated rings. The first-order valence-electron chi connectivity index (χ1n) is 5.63. The van der Waals surface area contributed by atoms with Crippen molar-refractivity contribution < 1.29 is 9.90 Å². The van der Waals surface area contributed by atoms with Crippen LogP contribution in [0, 0.1) is 6.92 Å². The minimum Gasteiger partial charge on any atom is -0.478 e. The highest BCUT2D eigenvalue weighted by atomic mass is 79.9. The van der Waals surface area contributed by atoms with Crippen molar-refractivity contribution in [3.63, 3.8) is 0 Å². The Kier molecular flexibility index (Phi) is 3.76. The van der Waals surface area contributed by atoms with Gasteiger partial charge in [-0.05, 0) is 48.9 Å². The van der Waals surface area contributed by atoms with E-state index in [4.69, 9.17) is 10.8 Å². The topological polar surface area (TPSA) is 75.3 Å². The molecule has 0 saturated heterocycles. The van der Waals surface area contributed by atoms with Gasteiger partial charge in [0.05, 0.1) is 5.56 Å². The molecule has 0 aliphatic rings. The summed E-state index contributed by atoms with van der Waals surface area (Å²) in [4.78, 5) is 11.1. The average Bonchev–Trinajstić information content (AvgIpc) is 2.36. The molecule has 0 amide bonds. The SMILES string of the molecule is Cc1cc(Nc2ccc(Br)cc2)cc(C(=O)O)c1N. The number of rotatable bonds is 3. The fraction of sp³-hybridized carbons (Fsp3) is 0.0714. The van der Waals surface area contributed by atoms with E-state index in [1.54, 1.807) is 6.92 Å². The third-order valence-electron chi connectivity index (χ3n) is 2.75. The summed E-state index contributed by atoms with van der Waals surface area (Å²) >= 11 is 3.36. The van der Waals surface area contributed by atoms with Crippen LogP contribution < -0.4 is 11.1 Å². The van der Waals surface area contributed by atoms with Crippen LogP contribution in [-0.2, 0) is 0 Å². The molecule has 0 atom stereocenters. The van der Waals surface area contributed by atoms with Gasteiger partial charge < -0.3 is 16.2 Å². The molecule has 0 aliphatic carbocycles. The van der Waals surface area contributed by atoms with Gasteiger partial charge in [0, 0.05) is 21.5 Å². The average molecular weight is 321 g/mol. The molecule has 0 radical (unpaired) electrons. The third kappa shape index (κ3) is 3.06. The van der Waals surface area contributed by atoms with Crippen molar-refractivity contribution in [1.82, 2.24) is 0 Å². The van der Waals surface area contributed by atoms with E-state index in [0.717, 1.165) is 15.7 Å². The molecule has 0 bridgehead atoms. The maximum absolute atomic E-state index is 11.1. The Morgan fingerprint density at radius 1 is 1.21 bits per heavy atom. The highest BCUT2D eigenvalue weighted by Gasteiger charge is 2.11. The van der Waals surface area contributed by atoms with Crippen LogP contribution in [0.25, 0.3) is 0 Å². The monoisotopic (exact) mass is 320 g/mol. The maximum atomic E-state index is 11.1. The van der Waals surface area contributed by atoms with Crippen molar-refractivity contribution in [3.05, 3.63) is 52.0 Å². The minimum atomic E-state index is -1.03. The summed E-state index contributed by atoms with van der Waals surface area (Å²) in [5.41, 5.74) is 8.48. The molecule has 0 unspecified atom stereocenters. The van der Waals surface area contributed by atoms with Crippen LogP contribution in [0.15, 0.2) is 40.9 Å². The Balaban J connectivity index is 2.35. The fourth-order valence-corrected chi connectivity index (χ4v) is 2.01. The van der Waals surface area contributed by atoms with Gasteiger partial charge in [-0.25, -0.2) is 4.79 Å². The molecule has 0 spiro atoms. The Hall–Kier alpha value is -2.01. The highest BCUT2D eigenvalue weighted by molar-refractivity contribution is 9.10. The van der Waals surface area contributed by atoms with Crippen molar-refractivity contribution in [2.45, 2.75) is 6.92 Å². The number of aromatic carboxylic acids is 1. The molecule has 2 aromatic carbocycles. The Morgan fingerprint density at radius 2 is 1.84 bits per heavy atom. The standard InChI is InChI=1S/C14H13BrN2O2/c1-8-6-11(7-12(13(8)16)14(18)19)17-10-4-2-9(15)3-5-10/h2-7,17H,16H2,1H3,(H,18,19). The summed E-state index contributed by atoms with van der Waals surface area (Å²) < 4.78 is 0.984. The first-order chi connectivity index (χ1) is 8.97. The van der Waals surface area contributed by atoms with Gasteiger partial charge in [-0.1, -0.05) is 15.9 Å². The Bertz CT molecular complexity index is 624. The zero-order valence-electron chi connectivity index (χ0n) is 10.3. The lowest BCUT2D eigenvalue weighted by Gasteiger charge is -2.11. The van der Waals surface area contributed by atoms with Crippen molar-refractivity contribution in [2.24, 2.45) is 0 Å². The predicted octanol–water partition coefficient (Wildman–Crippen LogP) is 3.78. The summed E-state index contributed by atoms with van der Waals surface area (Å²) in [7, 11) is 0. The van der Waals surface area contributed by atoms with Gasteiger partial charge >= 0.3 is 5.97 Å². The van der Waals surface area contributed by atoms with Crippen LogP contribution >= 0.6 is 15.9 Å². The highest BCUT2D eigenvalue weighted by Crippen LogP contribution is 2.26. The predicted molar refractivity (Wildman–Crippen MR) is 80.0 cm³/mol. The van der Waals surface area contributed by atoms with Gasteiger partial charge in [-0.2, -0.15) is 0 Å². The zero-order chi connectivity index (χ0) is 14.0. The summed E-state index contributed by atoms with van der Waals surface area (Å²) in [5.74, 6) is -1.03. The summed E-state index contributed by atoms with van der Waals surface area (Å²) in [5, 5.41) is 12.3. The van der Waals surface area contributed by atoms with Crippen molar-refractivity contribution >= 4 is 39.0 Å². The fourth-order valence-electron chi connectivity index (χ4n) is 1.75. The van der Waals surface area contributed by atoms with Crippen molar-refractivity contribution in [1.29, 1.82) is 0 Å². The van der Waals surface area contributed by atoms with Crippen LogP contribution in [0.4, 0.5) is 17.1 Å². The maximum Gasteiger partial charge on any atom is 0.337 e. The lowest BCUT2D eigenvalue weighted by molar-refractivity contribution is 0.0698. The number of nitrogens with two attached hydrogens (primary N) is 1. The lowest BCUT2D eigenvalue weighted by Crippen LogP contribution is -2.05. The quantitative estimate of drug-likeness (QED) is 0.752. The van der Waals surface area contributed by atoms with Crippen molar-refractivity contribution in [2.75, 3.05) is 11.1 Å². The smallest absolute Gasteiger partial charge is 0.337 e. The van der Waals surface area contributed by atoms with E-state index < -0.39 is 5.97 Å². The lowest BCUT2D eigenvalue weighted by atomic mass is 10.1. The van der Waals surface area contributed by atoms with Crippen LogP contribution in [-0.4, -0.2) is 11.1 Å². The molecule has 4 N–H and O–H groups in total. The van der Waals surface area contributed by atoms with Gasteiger partial charge in [0.2, 0.25) is 0 Å². The summed E-state index contributed by atoms with van der Waals surface area (Å²) in [6.07, 6.45) is 0. The minimum absolute atomic E-state index is 0.111. The van der Waals surface area contributed by atoms with E-state index in [9.17, 15) is 4.79 Å². The number of aryl methyl sites for hydroxylation is 1. The number of anilines is 3. The molecule has 0 saturated carbocycles. The summed E-state index contributed by atoms with van der Waals surface area (Å²) in [6.45, 7) is 1.79. The van der Waals surface area contributed by atoms with Crippen molar-refractivity contribution in [3.8, 4) is 0 Å². The Morgan fingerprint density at radius 3 is 2.42 bits per heavy atom. The van der Waals surface area contributed by atoms with E-state index in [0.29, 0.717) is 11.4 Å². The van der Waals surface area contributed by atoms with Crippen LogP contribution in [0.2, 0.25) is 0 Å². The van der Waals surface area contributed by atoms with Gasteiger partial charge in [0.1, 0.15) is 0 Å². The molecule has 0 aliphatic heterocycles. The third-order valence-corrected chi connectivity index (χ3v) is 3.28. The number of nitrogen functional groups attached to an aromatic ring is 1. The van der Waals surface area contributed by atoms with Gasteiger partial charge in [0.25, 0.3) is 0 Å². The molecule has 2 rings (SSSR count). The molecule has 98 valence electrons. The largest absolute Gasteiger partial charge is 0.478 e. The van der Waals surface area contributed by atoms with Gasteiger partial charge in [0.15, 0.2) is 0 Å². The molecule has 19 heavy (non-hydrogen) atoms. The number of nitrogens with one attached hydrogen (secondary N) is 1. The van der Waals surface area contributed by atoms with E-state index in [1.807, 2.05) is 30.3 Å². The number of carboxylic acids is 1. The van der Waals surface area contributed by atoms with Crippen LogP contribution in [0.1, 0.15) is 15.9 Å². The van der Waals surface area contributed by atoms with Gasteiger partial charge in [-0.3, -0.25) is 0 Å². The first-order valence-corrected chi connectivity index (χ1v) is 6.42. The first kappa shape index (κ1) is 13.4. The van der Waals surface area contributed by atoms with Crippen LogP contribution in [0.5, 0.6) is 0 Å². The normalized spacial score (nSPS) is 10.2. The number of hydrogen-bond donors (Lipinski definition) is 3. The number of benzene rings is 2. The molecule has 2 aromatic rings. The Labute approximate surface area is 119 Å². The number of carbonyl (C=O) groups is 1. The van der Waals surface area contributed by atoms with E-state index in [-0.39, 0.29) is 5.56 Å². The second kappa shape index (κ2) is 5.32. The van der Waals surface area contributed by atoms with E-state index in [2.05, 4.69) is 21.2 Å². The van der Waals surface area contributed by atoms with Gasteiger partial charge in [-0.15, -0.1) is 0 Å². The van der Waals surface area contributed by atoms with E-state index in [1.165, 1.54) is 6.07 Å². The molecule has 0 heterocycles. The second-order valence-electron chi connectivity index (χ2n) is 4.19. The number of hydrogen-bond acceptors (Lipinski definition) is 3. The molecule has 5 heteroatoms. The van der Waals surface area contributed by atoms with Crippen LogP contribution in [0.3, 0.4) is 0 Å². The summed E-state index contributed by atoms with van der Waals surface area (Å²) in [6, 6.07) is 11.0. The molecular weight excluding hydrogens is 308 g/mol. The second-order valence-corrected chi connectivity index (χ2v) is 5.11. The van der Waals surface area contributed by atoms with E-state index >= 15 is 0 Å². The number of carboxylic acid groups (broad SMARTS) is 1. The molecular formula is C14H13BrN2O2.